The third kappa shape index (κ3) is 4.92. The summed E-state index contributed by atoms with van der Waals surface area (Å²) in [5.41, 5.74) is 1.19. The first-order valence-corrected chi connectivity index (χ1v) is 11.7. The largest absolute Gasteiger partial charge is 0.454 e. The van der Waals surface area contributed by atoms with E-state index in [2.05, 4.69) is 30.9 Å². The van der Waals surface area contributed by atoms with Crippen molar-refractivity contribution in [2.24, 2.45) is 11.8 Å². The van der Waals surface area contributed by atoms with Crippen LogP contribution in [0.5, 0.6) is 11.5 Å². The number of sulfone groups is 1. The summed E-state index contributed by atoms with van der Waals surface area (Å²) in [4.78, 5) is 2.49. The summed E-state index contributed by atoms with van der Waals surface area (Å²) >= 11 is 0. The van der Waals surface area contributed by atoms with Gasteiger partial charge in [-0.2, -0.15) is 0 Å². The molecule has 1 heterocycles. The minimum absolute atomic E-state index is 0.251. The molecule has 146 valence electrons. The number of ether oxygens (including phenoxy) is 2. The van der Waals surface area contributed by atoms with Gasteiger partial charge in [0, 0.05) is 18.8 Å². The molecule has 1 aliphatic heterocycles. The lowest BCUT2D eigenvalue weighted by molar-refractivity contribution is 0.0750. The van der Waals surface area contributed by atoms with Crippen LogP contribution in [0.4, 0.5) is 0 Å². The SMILES string of the molecule is CC1CCCC(N(CCCS(C)(=O)=O)Cc2ccc3c(c2)OCO3)C1C. The molecule has 0 saturated heterocycles. The van der Waals surface area contributed by atoms with Gasteiger partial charge in [-0.15, -0.1) is 0 Å². The van der Waals surface area contributed by atoms with Gasteiger partial charge in [0.25, 0.3) is 0 Å². The lowest BCUT2D eigenvalue weighted by Crippen LogP contribution is -2.44. The van der Waals surface area contributed by atoms with Crippen LogP contribution in [0, 0.1) is 11.8 Å². The van der Waals surface area contributed by atoms with Crippen molar-refractivity contribution in [3.05, 3.63) is 23.8 Å². The van der Waals surface area contributed by atoms with E-state index < -0.39 is 9.84 Å². The van der Waals surface area contributed by atoms with Crippen molar-refractivity contribution in [2.75, 3.05) is 25.3 Å². The lowest BCUT2D eigenvalue weighted by atomic mass is 9.77. The number of rotatable bonds is 7. The van der Waals surface area contributed by atoms with E-state index in [0.29, 0.717) is 24.3 Å². The minimum atomic E-state index is -2.92. The Morgan fingerprint density at radius 2 is 1.92 bits per heavy atom. The molecular weight excluding hydrogens is 350 g/mol. The third-order valence-corrected chi connectivity index (χ3v) is 6.95. The van der Waals surface area contributed by atoms with Crippen LogP contribution in [-0.2, 0) is 16.4 Å². The van der Waals surface area contributed by atoms with Crippen molar-refractivity contribution < 1.29 is 17.9 Å². The van der Waals surface area contributed by atoms with Gasteiger partial charge in [0.15, 0.2) is 11.5 Å². The summed E-state index contributed by atoms with van der Waals surface area (Å²) in [5, 5.41) is 0. The molecule has 0 amide bonds. The predicted molar refractivity (Wildman–Crippen MR) is 103 cm³/mol. The van der Waals surface area contributed by atoms with E-state index in [1.165, 1.54) is 31.1 Å². The van der Waals surface area contributed by atoms with Crippen molar-refractivity contribution in [3.8, 4) is 11.5 Å². The first-order chi connectivity index (χ1) is 12.3. The van der Waals surface area contributed by atoms with Gasteiger partial charge in [-0.1, -0.05) is 32.8 Å². The van der Waals surface area contributed by atoms with Crippen molar-refractivity contribution in [3.63, 3.8) is 0 Å². The zero-order valence-corrected chi connectivity index (χ0v) is 16.9. The molecule has 5 nitrogen and oxygen atoms in total. The summed E-state index contributed by atoms with van der Waals surface area (Å²) in [6.45, 7) is 6.60. The Hall–Kier alpha value is -1.27. The number of hydrogen-bond donors (Lipinski definition) is 0. The molecule has 2 aliphatic rings. The molecule has 0 N–H and O–H groups in total. The Kier molecular flexibility index (Phi) is 6.13. The molecule has 1 aliphatic carbocycles. The molecular formula is C20H31NO4S. The number of fused-ring (bicyclic) bond motifs is 1. The quantitative estimate of drug-likeness (QED) is 0.724. The molecule has 1 fully saturated rings. The topological polar surface area (TPSA) is 55.8 Å². The van der Waals surface area contributed by atoms with Crippen LogP contribution in [0.15, 0.2) is 18.2 Å². The normalized spacial score (nSPS) is 25.6. The summed E-state index contributed by atoms with van der Waals surface area (Å²) in [7, 11) is -2.92. The van der Waals surface area contributed by atoms with Crippen molar-refractivity contribution in [2.45, 2.75) is 52.1 Å². The van der Waals surface area contributed by atoms with Crippen LogP contribution < -0.4 is 9.47 Å². The smallest absolute Gasteiger partial charge is 0.231 e. The molecule has 26 heavy (non-hydrogen) atoms. The van der Waals surface area contributed by atoms with E-state index >= 15 is 0 Å². The predicted octanol–water partition coefficient (Wildman–Crippen LogP) is 3.48. The zero-order valence-electron chi connectivity index (χ0n) is 16.1. The zero-order chi connectivity index (χ0) is 18.7. The van der Waals surface area contributed by atoms with Crippen LogP contribution in [0.25, 0.3) is 0 Å². The summed E-state index contributed by atoms with van der Waals surface area (Å²) in [6.07, 6.45) is 5.73. The maximum Gasteiger partial charge on any atom is 0.231 e. The molecule has 0 spiro atoms. The Morgan fingerprint density at radius 1 is 1.15 bits per heavy atom. The highest BCUT2D eigenvalue weighted by Crippen LogP contribution is 2.36. The summed E-state index contributed by atoms with van der Waals surface area (Å²) < 4.78 is 34.0. The van der Waals surface area contributed by atoms with Crippen molar-refractivity contribution >= 4 is 9.84 Å². The van der Waals surface area contributed by atoms with E-state index in [0.717, 1.165) is 24.6 Å². The van der Waals surface area contributed by atoms with Crippen molar-refractivity contribution in [1.29, 1.82) is 0 Å². The molecule has 1 saturated carbocycles. The van der Waals surface area contributed by atoms with Crippen LogP contribution in [-0.4, -0.2) is 44.7 Å². The highest BCUT2D eigenvalue weighted by molar-refractivity contribution is 7.90. The van der Waals surface area contributed by atoms with Gasteiger partial charge in [-0.3, -0.25) is 4.90 Å². The molecule has 3 unspecified atom stereocenters. The Balaban J connectivity index is 1.73. The van der Waals surface area contributed by atoms with Gasteiger partial charge in [-0.25, -0.2) is 8.42 Å². The fourth-order valence-electron chi connectivity index (χ4n) is 4.23. The lowest BCUT2D eigenvalue weighted by Gasteiger charge is -2.42. The average molecular weight is 382 g/mol. The van der Waals surface area contributed by atoms with Crippen LogP contribution in [0.2, 0.25) is 0 Å². The number of benzene rings is 1. The molecule has 3 atom stereocenters. The highest BCUT2D eigenvalue weighted by Gasteiger charge is 2.31. The first kappa shape index (κ1) is 19.5. The van der Waals surface area contributed by atoms with Crippen LogP contribution in [0.3, 0.4) is 0 Å². The second-order valence-corrected chi connectivity index (χ2v) is 10.2. The van der Waals surface area contributed by atoms with Gasteiger partial charge in [-0.05, 0) is 48.9 Å². The Morgan fingerprint density at radius 3 is 2.69 bits per heavy atom. The van der Waals surface area contributed by atoms with Crippen LogP contribution >= 0.6 is 0 Å². The average Bonchev–Trinajstić information content (AvgIpc) is 3.03. The first-order valence-electron chi connectivity index (χ1n) is 9.64. The third-order valence-electron chi connectivity index (χ3n) is 5.92. The van der Waals surface area contributed by atoms with Gasteiger partial charge < -0.3 is 9.47 Å². The van der Waals surface area contributed by atoms with E-state index in [9.17, 15) is 8.42 Å². The van der Waals surface area contributed by atoms with Gasteiger partial charge in [0.2, 0.25) is 6.79 Å². The van der Waals surface area contributed by atoms with Gasteiger partial charge >= 0.3 is 0 Å². The highest BCUT2D eigenvalue weighted by atomic mass is 32.2. The molecule has 3 rings (SSSR count). The van der Waals surface area contributed by atoms with E-state index in [1.807, 2.05) is 6.07 Å². The molecule has 6 heteroatoms. The van der Waals surface area contributed by atoms with Crippen molar-refractivity contribution in [1.82, 2.24) is 4.90 Å². The number of nitrogens with zero attached hydrogens (tertiary/aromatic N) is 1. The molecule has 0 radical (unpaired) electrons. The maximum absolute atomic E-state index is 11.5. The molecule has 1 aromatic carbocycles. The monoisotopic (exact) mass is 381 g/mol. The fourth-order valence-corrected chi connectivity index (χ4v) is 4.89. The maximum atomic E-state index is 11.5. The molecule has 0 aromatic heterocycles. The standard InChI is InChI=1S/C20H31NO4S/c1-15-6-4-7-18(16(15)2)21(10-5-11-26(3,22)23)13-17-8-9-19-20(12-17)25-14-24-19/h8-9,12,15-16,18H,4-7,10-11,13-14H2,1-3H3. The molecule has 0 bridgehead atoms. The number of hydrogen-bond acceptors (Lipinski definition) is 5. The van der Waals surface area contributed by atoms with E-state index in [4.69, 9.17) is 9.47 Å². The minimum Gasteiger partial charge on any atom is -0.454 e. The summed E-state index contributed by atoms with van der Waals surface area (Å²) in [5.74, 6) is 3.20. The van der Waals surface area contributed by atoms with Gasteiger partial charge in [0.05, 0.1) is 5.75 Å². The Labute approximate surface area is 157 Å². The second kappa shape index (κ2) is 8.17. The van der Waals surface area contributed by atoms with E-state index in [-0.39, 0.29) is 12.5 Å². The van der Waals surface area contributed by atoms with Crippen LogP contribution in [0.1, 0.15) is 45.1 Å². The molecule has 1 aromatic rings. The van der Waals surface area contributed by atoms with E-state index in [1.54, 1.807) is 0 Å². The second-order valence-electron chi connectivity index (χ2n) is 7.98. The van der Waals surface area contributed by atoms with Gasteiger partial charge in [0.1, 0.15) is 9.84 Å². The fraction of sp³-hybridized carbons (Fsp3) is 0.700. The summed E-state index contributed by atoms with van der Waals surface area (Å²) in [6, 6.07) is 6.62. The Bertz CT molecular complexity index is 719.